The zero-order valence-corrected chi connectivity index (χ0v) is 10.6. The topological polar surface area (TPSA) is 75.9 Å². The highest BCUT2D eigenvalue weighted by atomic mass is 35.5. The maximum atomic E-state index is 12.4. The molecule has 0 aliphatic rings. The van der Waals surface area contributed by atoms with Gasteiger partial charge in [-0.3, -0.25) is 0 Å². The van der Waals surface area contributed by atoms with E-state index in [-0.39, 0.29) is 17.3 Å². The van der Waals surface area contributed by atoms with E-state index in [4.69, 9.17) is 11.6 Å². The van der Waals surface area contributed by atoms with Gasteiger partial charge in [-0.15, -0.1) is 5.69 Å². The van der Waals surface area contributed by atoms with Crippen molar-refractivity contribution in [3.05, 3.63) is 33.5 Å². The first-order valence-corrected chi connectivity index (χ1v) is 6.76. The highest BCUT2D eigenvalue weighted by molar-refractivity contribution is 7.94. The second kappa shape index (κ2) is 5.33. The maximum Gasteiger partial charge on any atom is 0.416 e. The zero-order chi connectivity index (χ0) is 14.0. The van der Waals surface area contributed by atoms with Gasteiger partial charge < -0.3 is 10.5 Å². The first-order chi connectivity index (χ1) is 8.15. The fourth-order valence-electron chi connectivity index (χ4n) is 1.14. The zero-order valence-electron chi connectivity index (χ0n) is 9.04. The van der Waals surface area contributed by atoms with Gasteiger partial charge in [0.1, 0.15) is 0 Å². The van der Waals surface area contributed by atoms with Crippen LogP contribution in [0, 0.1) is 0 Å². The fourth-order valence-corrected chi connectivity index (χ4v) is 2.25. The molecule has 0 amide bonds. The Hall–Kier alpha value is -0.990. The molecule has 0 aliphatic carbocycles. The Labute approximate surface area is 107 Å². The van der Waals surface area contributed by atoms with Crippen molar-refractivity contribution in [2.75, 3.05) is 12.3 Å². The molecule has 0 saturated carbocycles. The number of hydrogen-bond donors (Lipinski definition) is 1. The number of hydrogen-bond acceptors (Lipinski definition) is 2. The molecule has 1 aromatic rings. The summed E-state index contributed by atoms with van der Waals surface area (Å²) in [6, 6.07) is 2.32. The first kappa shape index (κ1) is 15.1. The van der Waals surface area contributed by atoms with E-state index < -0.39 is 27.5 Å². The van der Waals surface area contributed by atoms with Crippen LogP contribution in [0.3, 0.4) is 0 Å². The van der Waals surface area contributed by atoms with E-state index in [0.29, 0.717) is 6.07 Å². The molecule has 0 atom stereocenters. The van der Waals surface area contributed by atoms with Crippen LogP contribution >= 0.6 is 11.6 Å². The molecule has 0 saturated heterocycles. The third-order valence-corrected chi connectivity index (χ3v) is 3.51. The van der Waals surface area contributed by atoms with Crippen molar-refractivity contribution in [3.63, 3.8) is 0 Å². The summed E-state index contributed by atoms with van der Waals surface area (Å²) in [5.74, 6) is -0.348. The molecule has 3 N–H and O–H groups in total. The molecule has 4 nitrogen and oxygen atoms in total. The van der Waals surface area contributed by atoms with Crippen molar-refractivity contribution in [2.45, 2.75) is 6.18 Å². The van der Waals surface area contributed by atoms with Crippen LogP contribution in [0.15, 0.2) is 18.2 Å². The molecule has 0 unspecified atom stereocenters. The van der Waals surface area contributed by atoms with Gasteiger partial charge in [-0.2, -0.15) is 13.2 Å². The number of rotatable bonds is 4. The summed E-state index contributed by atoms with van der Waals surface area (Å²) in [5.41, 5.74) is 1.92. The Morgan fingerprint density at radius 3 is 2.44 bits per heavy atom. The molecular formula is C9H10ClF3N2O2S. The number of nitrogens with zero attached hydrogens (tertiary/aromatic N) is 1. The van der Waals surface area contributed by atoms with Gasteiger partial charge in [-0.25, -0.2) is 8.42 Å². The van der Waals surface area contributed by atoms with Crippen LogP contribution in [-0.2, 0) is 16.2 Å². The summed E-state index contributed by atoms with van der Waals surface area (Å²) in [6.07, 6.45) is -4.58. The summed E-state index contributed by atoms with van der Waals surface area (Å²) in [7, 11) is -3.86. The lowest BCUT2D eigenvalue weighted by molar-refractivity contribution is -0.360. The third kappa shape index (κ3) is 4.04. The number of halogens is 4. The minimum Gasteiger partial charge on any atom is -0.575 e. The molecule has 0 heterocycles. The predicted octanol–water partition coefficient (Wildman–Crippen LogP) is 1.94. The Balaban J connectivity index is 3.10. The van der Waals surface area contributed by atoms with E-state index in [1.807, 2.05) is 0 Å². The van der Waals surface area contributed by atoms with Crippen molar-refractivity contribution in [2.24, 2.45) is 0 Å². The summed E-state index contributed by atoms with van der Waals surface area (Å²) in [5, 5.41) is -0.157. The van der Waals surface area contributed by atoms with Crippen LogP contribution in [-0.4, -0.2) is 20.7 Å². The SMILES string of the molecule is [NH3+]CCS(=O)(=O)[N-]c1cc(C(F)(F)F)ccc1Cl. The number of quaternary nitrogens is 1. The molecule has 0 radical (unpaired) electrons. The monoisotopic (exact) mass is 302 g/mol. The number of sulfonamides is 1. The first-order valence-electron chi connectivity index (χ1n) is 4.77. The molecule has 1 rings (SSSR count). The van der Waals surface area contributed by atoms with E-state index in [1.165, 1.54) is 0 Å². The second-order valence-electron chi connectivity index (χ2n) is 3.39. The summed E-state index contributed by atoms with van der Waals surface area (Å²) in [6.45, 7) is 0.0718. The lowest BCUT2D eigenvalue weighted by Gasteiger charge is -2.23. The Morgan fingerprint density at radius 1 is 1.33 bits per heavy atom. The van der Waals surface area contributed by atoms with Crippen molar-refractivity contribution in [1.29, 1.82) is 0 Å². The largest absolute Gasteiger partial charge is 0.575 e. The minimum absolute atomic E-state index is 0.0718. The van der Waals surface area contributed by atoms with Crippen LogP contribution in [0.2, 0.25) is 5.02 Å². The van der Waals surface area contributed by atoms with Gasteiger partial charge in [-0.1, -0.05) is 17.7 Å². The lowest BCUT2D eigenvalue weighted by Crippen LogP contribution is -2.52. The van der Waals surface area contributed by atoms with Crippen LogP contribution in [0.25, 0.3) is 4.72 Å². The van der Waals surface area contributed by atoms with Crippen LogP contribution in [0.1, 0.15) is 5.56 Å². The van der Waals surface area contributed by atoms with Crippen molar-refractivity contribution < 1.29 is 27.3 Å². The van der Waals surface area contributed by atoms with Crippen molar-refractivity contribution in [3.8, 4) is 0 Å². The average molecular weight is 303 g/mol. The van der Waals surface area contributed by atoms with Crippen LogP contribution < -0.4 is 5.73 Å². The predicted molar refractivity (Wildman–Crippen MR) is 61.0 cm³/mol. The van der Waals surface area contributed by atoms with E-state index in [0.717, 1.165) is 12.1 Å². The van der Waals surface area contributed by atoms with Crippen LogP contribution in [0.4, 0.5) is 18.9 Å². The molecule has 0 aliphatic heterocycles. The van der Waals surface area contributed by atoms with Gasteiger partial charge in [0.25, 0.3) is 0 Å². The van der Waals surface area contributed by atoms with Gasteiger partial charge in [0.15, 0.2) is 0 Å². The number of alkyl halides is 3. The summed E-state index contributed by atoms with van der Waals surface area (Å²) < 4.78 is 63.3. The van der Waals surface area contributed by atoms with E-state index in [2.05, 4.69) is 10.5 Å². The maximum absolute atomic E-state index is 12.4. The smallest absolute Gasteiger partial charge is 0.416 e. The Bertz CT molecular complexity index is 531. The van der Waals surface area contributed by atoms with Gasteiger partial charge in [-0.05, 0) is 12.1 Å². The van der Waals surface area contributed by atoms with Gasteiger partial charge in [0.05, 0.1) is 27.9 Å². The molecule has 9 heteroatoms. The molecular weight excluding hydrogens is 293 g/mol. The lowest BCUT2D eigenvalue weighted by atomic mass is 10.2. The molecule has 1 aromatic carbocycles. The van der Waals surface area contributed by atoms with E-state index >= 15 is 0 Å². The molecule has 102 valence electrons. The second-order valence-corrected chi connectivity index (χ2v) is 5.56. The molecule has 0 fully saturated rings. The molecule has 0 bridgehead atoms. The fraction of sp³-hybridized carbons (Fsp3) is 0.333. The Morgan fingerprint density at radius 2 is 1.94 bits per heavy atom. The van der Waals surface area contributed by atoms with Gasteiger partial charge in [0, 0.05) is 5.02 Å². The van der Waals surface area contributed by atoms with Crippen LogP contribution in [0.5, 0.6) is 0 Å². The van der Waals surface area contributed by atoms with Gasteiger partial charge in [0.2, 0.25) is 0 Å². The van der Waals surface area contributed by atoms with E-state index in [1.54, 1.807) is 0 Å². The molecule has 0 aromatic heterocycles. The van der Waals surface area contributed by atoms with Gasteiger partial charge >= 0.3 is 6.18 Å². The highest BCUT2D eigenvalue weighted by Crippen LogP contribution is 2.37. The standard InChI is InChI=1S/C9H9ClF3N2O2S/c10-7-2-1-6(9(11,12)13)5-8(7)15-18(16,17)4-3-14/h1-2,5H,3-4,14H2/q-1/p+1. The normalized spacial score (nSPS) is 12.5. The highest BCUT2D eigenvalue weighted by Gasteiger charge is 2.30. The Kier molecular flexibility index (Phi) is 4.46. The number of benzene rings is 1. The average Bonchev–Trinajstić information content (AvgIpc) is 2.19. The third-order valence-electron chi connectivity index (χ3n) is 1.91. The molecule has 0 spiro atoms. The molecule has 18 heavy (non-hydrogen) atoms. The minimum atomic E-state index is -4.58. The quantitative estimate of drug-likeness (QED) is 0.922. The van der Waals surface area contributed by atoms with Crippen molar-refractivity contribution >= 4 is 27.3 Å². The summed E-state index contributed by atoms with van der Waals surface area (Å²) >= 11 is 5.61. The summed E-state index contributed by atoms with van der Waals surface area (Å²) in [4.78, 5) is 0. The van der Waals surface area contributed by atoms with Crippen molar-refractivity contribution in [1.82, 2.24) is 0 Å². The van der Waals surface area contributed by atoms with E-state index in [9.17, 15) is 21.6 Å².